The van der Waals surface area contributed by atoms with E-state index in [9.17, 15) is 18.7 Å². The summed E-state index contributed by atoms with van der Waals surface area (Å²) in [5.74, 6) is -3.74. The van der Waals surface area contributed by atoms with Gasteiger partial charge in [-0.1, -0.05) is 0 Å². The lowest BCUT2D eigenvalue weighted by Gasteiger charge is -2.21. The van der Waals surface area contributed by atoms with Gasteiger partial charge in [0.05, 0.1) is 12.6 Å². The Bertz CT molecular complexity index is 347. The van der Waals surface area contributed by atoms with Crippen molar-refractivity contribution in [3.8, 4) is 6.07 Å². The maximum Gasteiger partial charge on any atom is 0.268 e. The molecule has 1 amide bonds. The van der Waals surface area contributed by atoms with E-state index in [4.69, 9.17) is 5.26 Å². The van der Waals surface area contributed by atoms with Crippen LogP contribution in [0.4, 0.5) is 8.78 Å². The first-order valence-electron chi connectivity index (χ1n) is 4.69. The van der Waals surface area contributed by atoms with Gasteiger partial charge in [-0.25, -0.2) is 8.78 Å². The third-order valence-electron chi connectivity index (χ3n) is 2.80. The predicted molar refractivity (Wildman–Crippen MR) is 44.9 cm³/mol. The predicted octanol–water partition coefficient (Wildman–Crippen LogP) is 0.271. The van der Waals surface area contributed by atoms with Gasteiger partial charge in [0.1, 0.15) is 11.6 Å². The van der Waals surface area contributed by atoms with Crippen LogP contribution in [0.3, 0.4) is 0 Å². The van der Waals surface area contributed by atoms with Crippen LogP contribution in [0.15, 0.2) is 0 Å². The number of alkyl halides is 2. The molecule has 0 unspecified atom stereocenters. The summed E-state index contributed by atoms with van der Waals surface area (Å²) in [7, 11) is 0. The average Bonchev–Trinajstić information content (AvgIpc) is 2.81. The zero-order valence-electron chi connectivity index (χ0n) is 7.91. The van der Waals surface area contributed by atoms with Crippen LogP contribution < -0.4 is 0 Å². The molecule has 1 atom stereocenters. The van der Waals surface area contributed by atoms with Crippen molar-refractivity contribution in [2.45, 2.75) is 36.8 Å². The van der Waals surface area contributed by atoms with Gasteiger partial charge in [-0.3, -0.25) is 4.79 Å². The van der Waals surface area contributed by atoms with Crippen LogP contribution in [0.5, 0.6) is 0 Å². The standard InChI is InChI=1S/C9H10F2N2O2/c10-9(11)3-6(4-12)13(5-9)7(14)8(15)1-2-8/h6,15H,1-3,5H2/t6-/m0/s1. The van der Waals surface area contributed by atoms with Gasteiger partial charge < -0.3 is 10.0 Å². The van der Waals surface area contributed by atoms with Gasteiger partial charge in [0.25, 0.3) is 11.8 Å². The number of rotatable bonds is 1. The number of amides is 1. The molecule has 1 heterocycles. The molecule has 1 aliphatic carbocycles. The maximum atomic E-state index is 13.0. The summed E-state index contributed by atoms with van der Waals surface area (Å²) in [6, 6.07) is 0.551. The molecule has 82 valence electrons. The summed E-state index contributed by atoms with van der Waals surface area (Å²) >= 11 is 0. The normalized spacial score (nSPS) is 31.1. The molecule has 2 rings (SSSR count). The lowest BCUT2D eigenvalue weighted by molar-refractivity contribution is -0.143. The number of carbonyl (C=O) groups excluding carboxylic acids is 1. The van der Waals surface area contributed by atoms with Gasteiger partial charge in [0.15, 0.2) is 0 Å². The zero-order chi connectivity index (χ0) is 11.3. The van der Waals surface area contributed by atoms with E-state index in [2.05, 4.69) is 0 Å². The van der Waals surface area contributed by atoms with Crippen LogP contribution in [0.25, 0.3) is 0 Å². The number of likely N-dealkylation sites (tertiary alicyclic amines) is 1. The monoisotopic (exact) mass is 216 g/mol. The Labute approximate surface area is 85.1 Å². The first-order valence-corrected chi connectivity index (χ1v) is 4.69. The maximum absolute atomic E-state index is 13.0. The second-order valence-corrected chi connectivity index (χ2v) is 4.17. The molecule has 0 aromatic carbocycles. The minimum absolute atomic E-state index is 0.298. The van der Waals surface area contributed by atoms with Gasteiger partial charge in [0, 0.05) is 6.42 Å². The van der Waals surface area contributed by atoms with Gasteiger partial charge in [-0.05, 0) is 12.8 Å². The van der Waals surface area contributed by atoms with Crippen molar-refractivity contribution in [3.63, 3.8) is 0 Å². The highest BCUT2D eigenvalue weighted by atomic mass is 19.3. The van der Waals surface area contributed by atoms with E-state index in [0.29, 0.717) is 12.8 Å². The third kappa shape index (κ3) is 1.67. The summed E-state index contributed by atoms with van der Waals surface area (Å²) in [4.78, 5) is 12.4. The number of nitrogens with zero attached hydrogens (tertiary/aromatic N) is 2. The fourth-order valence-electron chi connectivity index (χ4n) is 1.75. The van der Waals surface area contributed by atoms with Crippen molar-refractivity contribution in [3.05, 3.63) is 0 Å². The number of aliphatic hydroxyl groups is 1. The molecular weight excluding hydrogens is 206 g/mol. The Hall–Kier alpha value is -1.22. The summed E-state index contributed by atoms with van der Waals surface area (Å²) in [5.41, 5.74) is -1.48. The average molecular weight is 216 g/mol. The fraction of sp³-hybridized carbons (Fsp3) is 0.778. The van der Waals surface area contributed by atoms with E-state index < -0.39 is 36.4 Å². The Kier molecular flexibility index (Phi) is 1.98. The van der Waals surface area contributed by atoms with Crippen molar-refractivity contribution < 1.29 is 18.7 Å². The molecule has 4 nitrogen and oxygen atoms in total. The molecule has 2 fully saturated rings. The van der Waals surface area contributed by atoms with Crippen molar-refractivity contribution >= 4 is 5.91 Å². The molecule has 1 N–H and O–H groups in total. The first kappa shape index (κ1) is 10.3. The van der Waals surface area contributed by atoms with Crippen LogP contribution in [0.2, 0.25) is 0 Å². The number of nitriles is 1. The van der Waals surface area contributed by atoms with Crippen LogP contribution in [0, 0.1) is 11.3 Å². The third-order valence-corrected chi connectivity index (χ3v) is 2.80. The molecule has 0 aromatic heterocycles. The molecule has 0 bridgehead atoms. The number of carbonyl (C=O) groups is 1. The minimum Gasteiger partial charge on any atom is -0.380 e. The largest absolute Gasteiger partial charge is 0.380 e. The van der Waals surface area contributed by atoms with Gasteiger partial charge >= 0.3 is 0 Å². The van der Waals surface area contributed by atoms with Crippen LogP contribution in [-0.4, -0.2) is 40.0 Å². The van der Waals surface area contributed by atoms with E-state index >= 15 is 0 Å². The summed E-state index contributed by atoms with van der Waals surface area (Å²) in [6.45, 7) is -0.758. The Morgan fingerprint density at radius 1 is 1.53 bits per heavy atom. The highest BCUT2D eigenvalue weighted by Crippen LogP contribution is 2.41. The van der Waals surface area contributed by atoms with Crippen LogP contribution in [-0.2, 0) is 4.79 Å². The van der Waals surface area contributed by atoms with E-state index in [1.807, 2.05) is 0 Å². The molecule has 15 heavy (non-hydrogen) atoms. The molecule has 1 saturated heterocycles. The van der Waals surface area contributed by atoms with Crippen molar-refractivity contribution in [2.24, 2.45) is 0 Å². The highest BCUT2D eigenvalue weighted by molar-refractivity contribution is 5.88. The van der Waals surface area contributed by atoms with Crippen LogP contribution in [0.1, 0.15) is 19.3 Å². The lowest BCUT2D eigenvalue weighted by Crippen LogP contribution is -2.43. The number of halogens is 2. The quantitative estimate of drug-likeness (QED) is 0.684. The van der Waals surface area contributed by atoms with E-state index in [1.165, 1.54) is 0 Å². The van der Waals surface area contributed by atoms with Crippen molar-refractivity contribution in [1.29, 1.82) is 5.26 Å². The topological polar surface area (TPSA) is 64.3 Å². The minimum atomic E-state index is -3.01. The second kappa shape index (κ2) is 2.89. The molecule has 2 aliphatic rings. The molecule has 0 aromatic rings. The zero-order valence-corrected chi connectivity index (χ0v) is 7.91. The van der Waals surface area contributed by atoms with Crippen LogP contribution >= 0.6 is 0 Å². The number of hydrogen-bond donors (Lipinski definition) is 1. The molecule has 1 saturated carbocycles. The van der Waals surface area contributed by atoms with Crippen molar-refractivity contribution in [1.82, 2.24) is 4.90 Å². The highest BCUT2D eigenvalue weighted by Gasteiger charge is 2.56. The van der Waals surface area contributed by atoms with Crippen molar-refractivity contribution in [2.75, 3.05) is 6.54 Å². The van der Waals surface area contributed by atoms with Gasteiger partial charge in [-0.2, -0.15) is 5.26 Å². The van der Waals surface area contributed by atoms with E-state index in [1.54, 1.807) is 6.07 Å². The molecular formula is C9H10F2N2O2. The SMILES string of the molecule is N#C[C@@H]1CC(F)(F)CN1C(=O)C1(O)CC1. The molecule has 0 radical (unpaired) electrons. The smallest absolute Gasteiger partial charge is 0.268 e. The molecule has 6 heteroatoms. The Balaban J connectivity index is 2.15. The molecule has 0 spiro atoms. The summed E-state index contributed by atoms with van der Waals surface area (Å²) < 4.78 is 25.9. The Morgan fingerprint density at radius 2 is 2.13 bits per heavy atom. The lowest BCUT2D eigenvalue weighted by atomic mass is 10.2. The van der Waals surface area contributed by atoms with E-state index in [-0.39, 0.29) is 0 Å². The second-order valence-electron chi connectivity index (χ2n) is 4.17. The number of hydrogen-bond acceptors (Lipinski definition) is 3. The fourth-order valence-corrected chi connectivity index (χ4v) is 1.75. The van der Waals surface area contributed by atoms with Gasteiger partial charge in [-0.15, -0.1) is 0 Å². The van der Waals surface area contributed by atoms with E-state index in [0.717, 1.165) is 4.90 Å². The Morgan fingerprint density at radius 3 is 2.60 bits per heavy atom. The van der Waals surface area contributed by atoms with Gasteiger partial charge in [0.2, 0.25) is 0 Å². The first-order chi connectivity index (χ1) is 6.88. The summed E-state index contributed by atoms with van der Waals surface area (Å²) in [5, 5.41) is 18.1. The molecule has 1 aliphatic heterocycles. The summed E-state index contributed by atoms with van der Waals surface area (Å²) in [6.07, 6.45) is -0.0383.